The van der Waals surface area contributed by atoms with Crippen LogP contribution < -0.4 is 0 Å². The molecule has 6 nitrogen and oxygen atoms in total. The van der Waals surface area contributed by atoms with Gasteiger partial charge in [-0.15, -0.1) is 0 Å². The summed E-state index contributed by atoms with van der Waals surface area (Å²) in [6.45, 7) is 9.05. The van der Waals surface area contributed by atoms with Gasteiger partial charge in [-0.25, -0.2) is 0 Å². The SMILES string of the molecule is Cc1cnn(C[C@@H]2CCCN2C(=O)[C@@H](OC[C@H]2CCCO2)C(C)C)c1. The Kier molecular flexibility index (Phi) is 6.12. The van der Waals surface area contributed by atoms with Crippen LogP contribution >= 0.6 is 0 Å². The molecule has 2 fully saturated rings. The first kappa shape index (κ1) is 18.4. The molecule has 0 aliphatic carbocycles. The molecular formula is C19H31N3O3. The standard InChI is InChI=1S/C19H31N3O3/c1-14(2)18(25-13-17-7-5-9-24-17)19(23)22-8-4-6-16(22)12-21-11-15(3)10-20-21/h10-11,14,16-18H,4-9,12-13H2,1-3H3/t16-,17+,18-/m0/s1. The first-order valence-corrected chi connectivity index (χ1v) is 9.57. The van der Waals surface area contributed by atoms with Gasteiger partial charge in [0, 0.05) is 19.3 Å². The third kappa shape index (κ3) is 4.61. The Hall–Kier alpha value is -1.40. The zero-order valence-electron chi connectivity index (χ0n) is 15.7. The summed E-state index contributed by atoms with van der Waals surface area (Å²) in [5, 5.41) is 4.37. The zero-order valence-corrected chi connectivity index (χ0v) is 15.7. The normalized spacial score (nSPS) is 25.0. The summed E-state index contributed by atoms with van der Waals surface area (Å²) in [6.07, 6.45) is 7.86. The molecule has 3 atom stereocenters. The molecule has 1 aromatic rings. The number of aromatic nitrogens is 2. The summed E-state index contributed by atoms with van der Waals surface area (Å²) >= 11 is 0. The lowest BCUT2D eigenvalue weighted by Gasteiger charge is -2.31. The highest BCUT2D eigenvalue weighted by Crippen LogP contribution is 2.23. The van der Waals surface area contributed by atoms with Crippen LogP contribution in [-0.4, -0.2) is 58.6 Å². The average Bonchev–Trinajstić information content (AvgIpc) is 3.30. The molecule has 25 heavy (non-hydrogen) atoms. The molecule has 2 aliphatic rings. The van der Waals surface area contributed by atoms with Gasteiger partial charge in [0.2, 0.25) is 0 Å². The number of rotatable bonds is 7. The summed E-state index contributed by atoms with van der Waals surface area (Å²) in [4.78, 5) is 15.1. The molecule has 0 N–H and O–H groups in total. The van der Waals surface area contributed by atoms with Crippen molar-refractivity contribution in [2.24, 2.45) is 5.92 Å². The Morgan fingerprint density at radius 3 is 2.88 bits per heavy atom. The number of carbonyl (C=O) groups is 1. The fraction of sp³-hybridized carbons (Fsp3) is 0.789. The van der Waals surface area contributed by atoms with Crippen molar-refractivity contribution in [3.63, 3.8) is 0 Å². The van der Waals surface area contributed by atoms with Crippen LogP contribution in [0.4, 0.5) is 0 Å². The minimum absolute atomic E-state index is 0.124. The van der Waals surface area contributed by atoms with Gasteiger partial charge in [0.1, 0.15) is 6.10 Å². The molecule has 0 spiro atoms. The summed E-state index contributed by atoms with van der Waals surface area (Å²) in [6, 6.07) is 0.208. The van der Waals surface area contributed by atoms with Gasteiger partial charge in [0.25, 0.3) is 5.91 Å². The Morgan fingerprint density at radius 1 is 1.40 bits per heavy atom. The zero-order chi connectivity index (χ0) is 17.8. The van der Waals surface area contributed by atoms with Crippen molar-refractivity contribution < 1.29 is 14.3 Å². The van der Waals surface area contributed by atoms with Crippen LogP contribution in [0.2, 0.25) is 0 Å². The lowest BCUT2D eigenvalue weighted by Crippen LogP contribution is -2.47. The molecule has 3 rings (SSSR count). The van der Waals surface area contributed by atoms with Crippen molar-refractivity contribution in [2.75, 3.05) is 19.8 Å². The summed E-state index contributed by atoms with van der Waals surface area (Å²) in [7, 11) is 0. The average molecular weight is 349 g/mol. The lowest BCUT2D eigenvalue weighted by atomic mass is 10.1. The van der Waals surface area contributed by atoms with E-state index in [9.17, 15) is 4.79 Å². The van der Waals surface area contributed by atoms with Crippen LogP contribution in [0.25, 0.3) is 0 Å². The van der Waals surface area contributed by atoms with Crippen LogP contribution in [-0.2, 0) is 20.8 Å². The van der Waals surface area contributed by atoms with Crippen molar-refractivity contribution in [1.29, 1.82) is 0 Å². The number of ether oxygens (including phenoxy) is 2. The number of amides is 1. The molecule has 1 amide bonds. The number of likely N-dealkylation sites (tertiary alicyclic amines) is 1. The van der Waals surface area contributed by atoms with Crippen LogP contribution in [0.1, 0.15) is 45.1 Å². The Labute approximate surface area is 150 Å². The molecule has 0 bridgehead atoms. The fourth-order valence-corrected chi connectivity index (χ4v) is 3.80. The molecule has 3 heterocycles. The molecule has 0 aromatic carbocycles. The quantitative estimate of drug-likeness (QED) is 0.758. The van der Waals surface area contributed by atoms with Gasteiger partial charge in [0.15, 0.2) is 0 Å². The highest BCUT2D eigenvalue weighted by atomic mass is 16.5. The van der Waals surface area contributed by atoms with Crippen LogP contribution in [0.5, 0.6) is 0 Å². The van der Waals surface area contributed by atoms with Crippen LogP contribution in [0.3, 0.4) is 0 Å². The van der Waals surface area contributed by atoms with E-state index in [-0.39, 0.29) is 30.1 Å². The van der Waals surface area contributed by atoms with E-state index in [1.165, 1.54) is 0 Å². The minimum atomic E-state index is -0.385. The van der Waals surface area contributed by atoms with Gasteiger partial charge in [-0.1, -0.05) is 13.8 Å². The summed E-state index contributed by atoms with van der Waals surface area (Å²) in [5.74, 6) is 0.279. The highest BCUT2D eigenvalue weighted by Gasteiger charge is 2.35. The fourth-order valence-electron chi connectivity index (χ4n) is 3.80. The first-order valence-electron chi connectivity index (χ1n) is 9.57. The van der Waals surface area contributed by atoms with E-state index in [1.807, 2.05) is 28.9 Å². The first-order chi connectivity index (χ1) is 12.0. The summed E-state index contributed by atoms with van der Waals surface area (Å²) in [5.41, 5.74) is 1.15. The second-order valence-corrected chi connectivity index (χ2v) is 7.70. The molecule has 0 unspecified atom stereocenters. The molecule has 0 radical (unpaired) electrons. The van der Waals surface area contributed by atoms with Crippen molar-refractivity contribution >= 4 is 5.91 Å². The van der Waals surface area contributed by atoms with Crippen LogP contribution in [0, 0.1) is 12.8 Å². The number of nitrogens with zero attached hydrogens (tertiary/aromatic N) is 3. The maximum Gasteiger partial charge on any atom is 0.252 e. The number of carbonyl (C=O) groups excluding carboxylic acids is 1. The van der Waals surface area contributed by atoms with E-state index in [4.69, 9.17) is 9.47 Å². The molecule has 140 valence electrons. The second kappa shape index (κ2) is 8.32. The number of hydrogen-bond acceptors (Lipinski definition) is 4. The maximum atomic E-state index is 13.1. The largest absolute Gasteiger partial charge is 0.376 e. The predicted octanol–water partition coefficient (Wildman–Crippen LogP) is 2.40. The second-order valence-electron chi connectivity index (χ2n) is 7.70. The molecule has 2 aliphatic heterocycles. The molecule has 1 aromatic heterocycles. The van der Waals surface area contributed by atoms with E-state index < -0.39 is 0 Å². The molecule has 6 heteroatoms. The van der Waals surface area contributed by atoms with Gasteiger partial charge in [0.05, 0.1) is 31.5 Å². The minimum Gasteiger partial charge on any atom is -0.376 e. The summed E-state index contributed by atoms with van der Waals surface area (Å²) < 4.78 is 13.6. The smallest absolute Gasteiger partial charge is 0.252 e. The topological polar surface area (TPSA) is 56.6 Å². The van der Waals surface area contributed by atoms with Crippen molar-refractivity contribution in [3.05, 3.63) is 18.0 Å². The third-order valence-corrected chi connectivity index (χ3v) is 5.15. The van der Waals surface area contributed by atoms with Crippen molar-refractivity contribution in [1.82, 2.24) is 14.7 Å². The Bertz CT molecular complexity index is 566. The van der Waals surface area contributed by atoms with Crippen molar-refractivity contribution in [3.8, 4) is 0 Å². The van der Waals surface area contributed by atoms with Gasteiger partial charge in [-0.05, 0) is 44.1 Å². The van der Waals surface area contributed by atoms with Gasteiger partial charge >= 0.3 is 0 Å². The molecule has 2 saturated heterocycles. The highest BCUT2D eigenvalue weighted by molar-refractivity contribution is 5.81. The Morgan fingerprint density at radius 2 is 2.24 bits per heavy atom. The molecule has 0 saturated carbocycles. The van der Waals surface area contributed by atoms with E-state index >= 15 is 0 Å². The molecular weight excluding hydrogens is 318 g/mol. The van der Waals surface area contributed by atoms with Crippen molar-refractivity contribution in [2.45, 2.75) is 71.2 Å². The van der Waals surface area contributed by atoms with Gasteiger partial charge in [-0.2, -0.15) is 5.10 Å². The Balaban J connectivity index is 1.60. The van der Waals surface area contributed by atoms with E-state index in [2.05, 4.69) is 18.9 Å². The monoisotopic (exact) mass is 349 g/mol. The third-order valence-electron chi connectivity index (χ3n) is 5.15. The van der Waals surface area contributed by atoms with Crippen LogP contribution in [0.15, 0.2) is 12.4 Å². The van der Waals surface area contributed by atoms with Gasteiger partial charge in [-0.3, -0.25) is 9.48 Å². The van der Waals surface area contributed by atoms with E-state index in [0.717, 1.165) is 50.9 Å². The predicted molar refractivity (Wildman–Crippen MR) is 95.3 cm³/mol. The van der Waals surface area contributed by atoms with Gasteiger partial charge < -0.3 is 14.4 Å². The maximum absolute atomic E-state index is 13.1. The van der Waals surface area contributed by atoms with E-state index in [1.54, 1.807) is 0 Å². The van der Waals surface area contributed by atoms with E-state index in [0.29, 0.717) is 6.61 Å². The number of hydrogen-bond donors (Lipinski definition) is 0. The number of aryl methyl sites for hydroxylation is 1. The lowest BCUT2D eigenvalue weighted by molar-refractivity contribution is -0.150.